The molecule has 1 aliphatic heterocycles. The van der Waals surface area contributed by atoms with Crippen molar-refractivity contribution in [2.75, 3.05) is 18.4 Å². The summed E-state index contributed by atoms with van der Waals surface area (Å²) in [6.45, 7) is 5.15. The zero-order chi connectivity index (χ0) is 14.8. The van der Waals surface area contributed by atoms with Crippen LogP contribution in [0.15, 0.2) is 12.4 Å². The quantitative estimate of drug-likeness (QED) is 0.887. The highest BCUT2D eigenvalue weighted by molar-refractivity contribution is 5.26. The van der Waals surface area contributed by atoms with E-state index in [4.69, 9.17) is 4.74 Å². The van der Waals surface area contributed by atoms with Crippen molar-refractivity contribution in [2.24, 2.45) is 0 Å². The Balaban J connectivity index is 1.88. The van der Waals surface area contributed by atoms with E-state index in [-0.39, 0.29) is 24.2 Å². The van der Waals surface area contributed by atoms with Gasteiger partial charge >= 0.3 is 6.18 Å². The molecule has 2 heterocycles. The molecule has 0 bridgehead atoms. The lowest BCUT2D eigenvalue weighted by Gasteiger charge is -2.34. The van der Waals surface area contributed by atoms with Gasteiger partial charge in [-0.15, -0.1) is 0 Å². The van der Waals surface area contributed by atoms with Gasteiger partial charge in [-0.3, -0.25) is 0 Å². The minimum atomic E-state index is -4.41. The Morgan fingerprint density at radius 1 is 1.35 bits per heavy atom. The molecule has 8 heteroatoms. The molecule has 0 saturated carbocycles. The van der Waals surface area contributed by atoms with Gasteiger partial charge in [0.05, 0.1) is 23.8 Å². The second-order valence-corrected chi connectivity index (χ2v) is 4.84. The van der Waals surface area contributed by atoms with E-state index in [2.05, 4.69) is 20.6 Å². The number of hydrogen-bond donors (Lipinski definition) is 2. The third-order valence-corrected chi connectivity index (χ3v) is 3.14. The SMILES string of the molecule is C[C@@H]1O[C@@H](C)CN[C@@H]1CNc1ncc(C(F)(F)F)cn1. The average Bonchev–Trinajstić information content (AvgIpc) is 2.37. The van der Waals surface area contributed by atoms with Crippen LogP contribution in [0.3, 0.4) is 0 Å². The molecule has 2 rings (SSSR count). The van der Waals surface area contributed by atoms with E-state index in [9.17, 15) is 13.2 Å². The van der Waals surface area contributed by atoms with E-state index in [0.29, 0.717) is 6.54 Å². The lowest BCUT2D eigenvalue weighted by atomic mass is 10.1. The van der Waals surface area contributed by atoms with Gasteiger partial charge in [-0.2, -0.15) is 13.2 Å². The van der Waals surface area contributed by atoms with Crippen molar-refractivity contribution in [2.45, 2.75) is 38.3 Å². The Kier molecular flexibility index (Phi) is 4.44. The zero-order valence-electron chi connectivity index (χ0n) is 11.2. The summed E-state index contributed by atoms with van der Waals surface area (Å²) in [5, 5.41) is 6.21. The van der Waals surface area contributed by atoms with Crippen LogP contribution in [-0.2, 0) is 10.9 Å². The fourth-order valence-corrected chi connectivity index (χ4v) is 2.00. The highest BCUT2D eigenvalue weighted by Crippen LogP contribution is 2.27. The van der Waals surface area contributed by atoms with Crippen LogP contribution in [-0.4, -0.2) is 41.3 Å². The average molecular weight is 290 g/mol. The van der Waals surface area contributed by atoms with E-state index < -0.39 is 11.7 Å². The van der Waals surface area contributed by atoms with E-state index in [1.165, 1.54) is 0 Å². The predicted octanol–water partition coefficient (Wildman–Crippen LogP) is 1.67. The summed E-state index contributed by atoms with van der Waals surface area (Å²) < 4.78 is 42.7. The first-order chi connectivity index (χ1) is 9.36. The van der Waals surface area contributed by atoms with Crippen LogP contribution in [0.2, 0.25) is 0 Å². The minimum absolute atomic E-state index is 0.0145. The van der Waals surface area contributed by atoms with Crippen LogP contribution in [0, 0.1) is 0 Å². The summed E-state index contributed by atoms with van der Waals surface area (Å²) in [5.41, 5.74) is -0.857. The first-order valence-electron chi connectivity index (χ1n) is 6.38. The van der Waals surface area contributed by atoms with E-state index >= 15 is 0 Å². The number of ether oxygens (including phenoxy) is 1. The summed E-state index contributed by atoms with van der Waals surface area (Å²) in [4.78, 5) is 7.32. The number of halogens is 3. The van der Waals surface area contributed by atoms with Gasteiger partial charge in [-0.25, -0.2) is 9.97 Å². The van der Waals surface area contributed by atoms with Crippen molar-refractivity contribution in [1.82, 2.24) is 15.3 Å². The molecule has 3 atom stereocenters. The maximum absolute atomic E-state index is 12.4. The van der Waals surface area contributed by atoms with Crippen molar-refractivity contribution in [1.29, 1.82) is 0 Å². The molecule has 0 unspecified atom stereocenters. The number of aromatic nitrogens is 2. The maximum atomic E-state index is 12.4. The third kappa shape index (κ3) is 3.80. The number of alkyl halides is 3. The fraction of sp³-hybridized carbons (Fsp3) is 0.667. The smallest absolute Gasteiger partial charge is 0.373 e. The number of hydrogen-bond acceptors (Lipinski definition) is 5. The van der Waals surface area contributed by atoms with Crippen LogP contribution in [0.5, 0.6) is 0 Å². The Bertz CT molecular complexity index is 437. The summed E-state index contributed by atoms with van der Waals surface area (Å²) in [7, 11) is 0. The molecule has 0 radical (unpaired) electrons. The molecule has 0 aromatic carbocycles. The van der Waals surface area contributed by atoms with Gasteiger partial charge < -0.3 is 15.4 Å². The van der Waals surface area contributed by atoms with Gasteiger partial charge in [0.25, 0.3) is 0 Å². The van der Waals surface area contributed by atoms with E-state index in [0.717, 1.165) is 18.9 Å². The van der Waals surface area contributed by atoms with Crippen molar-refractivity contribution in [3.05, 3.63) is 18.0 Å². The van der Waals surface area contributed by atoms with Crippen LogP contribution in [0.1, 0.15) is 19.4 Å². The Morgan fingerprint density at radius 2 is 2.00 bits per heavy atom. The molecule has 1 saturated heterocycles. The van der Waals surface area contributed by atoms with Crippen LogP contribution >= 0.6 is 0 Å². The van der Waals surface area contributed by atoms with Gasteiger partial charge in [0, 0.05) is 25.5 Å². The molecule has 112 valence electrons. The highest BCUT2D eigenvalue weighted by Gasteiger charge is 2.31. The van der Waals surface area contributed by atoms with Crippen LogP contribution < -0.4 is 10.6 Å². The molecule has 1 fully saturated rings. The standard InChI is InChI=1S/C12H17F3N4O/c1-7-3-16-10(8(2)20-7)6-19-11-17-4-9(5-18-11)12(13,14)15/h4-5,7-8,10,16H,3,6H2,1-2H3,(H,17,18,19)/t7-,8-,10+/m0/s1. The summed E-state index contributed by atoms with van der Waals surface area (Å²) in [5.74, 6) is 0.172. The number of morpholine rings is 1. The molecular weight excluding hydrogens is 273 g/mol. The van der Waals surface area contributed by atoms with Gasteiger partial charge in [0.15, 0.2) is 0 Å². The second-order valence-electron chi connectivity index (χ2n) is 4.84. The first-order valence-corrected chi connectivity index (χ1v) is 6.38. The molecule has 1 aromatic rings. The lowest BCUT2D eigenvalue weighted by molar-refractivity contribution is -0.138. The normalized spacial score (nSPS) is 27.4. The molecule has 0 aliphatic carbocycles. The zero-order valence-corrected chi connectivity index (χ0v) is 11.2. The van der Waals surface area contributed by atoms with Crippen molar-refractivity contribution in [3.8, 4) is 0 Å². The molecule has 5 nitrogen and oxygen atoms in total. The number of nitrogens with zero attached hydrogens (tertiary/aromatic N) is 2. The topological polar surface area (TPSA) is 59.1 Å². The molecular formula is C12H17F3N4O. The summed E-state index contributed by atoms with van der Waals surface area (Å²) >= 11 is 0. The largest absolute Gasteiger partial charge is 0.419 e. The van der Waals surface area contributed by atoms with Crippen molar-refractivity contribution in [3.63, 3.8) is 0 Å². The molecule has 1 aliphatic rings. The molecule has 0 amide bonds. The Morgan fingerprint density at radius 3 is 2.55 bits per heavy atom. The first kappa shape index (κ1) is 15.0. The lowest BCUT2D eigenvalue weighted by Crippen LogP contribution is -2.53. The predicted molar refractivity (Wildman–Crippen MR) is 67.3 cm³/mol. The molecule has 2 N–H and O–H groups in total. The fourth-order valence-electron chi connectivity index (χ4n) is 2.00. The van der Waals surface area contributed by atoms with Crippen molar-refractivity contribution >= 4 is 5.95 Å². The van der Waals surface area contributed by atoms with Crippen molar-refractivity contribution < 1.29 is 17.9 Å². The number of rotatable bonds is 3. The maximum Gasteiger partial charge on any atom is 0.419 e. The monoisotopic (exact) mass is 290 g/mol. The second kappa shape index (κ2) is 5.92. The third-order valence-electron chi connectivity index (χ3n) is 3.14. The molecule has 0 spiro atoms. The highest BCUT2D eigenvalue weighted by atomic mass is 19.4. The molecule has 1 aromatic heterocycles. The van der Waals surface area contributed by atoms with Crippen LogP contribution in [0.25, 0.3) is 0 Å². The van der Waals surface area contributed by atoms with Gasteiger partial charge in [-0.05, 0) is 13.8 Å². The summed E-state index contributed by atoms with van der Waals surface area (Å²) in [6.07, 6.45) is -2.71. The summed E-state index contributed by atoms with van der Waals surface area (Å²) in [6, 6.07) is 0.0668. The Labute approximate surface area is 114 Å². The van der Waals surface area contributed by atoms with Gasteiger partial charge in [0.1, 0.15) is 0 Å². The number of anilines is 1. The van der Waals surface area contributed by atoms with Gasteiger partial charge in [0.2, 0.25) is 5.95 Å². The Hall–Kier alpha value is -1.41. The van der Waals surface area contributed by atoms with Crippen LogP contribution in [0.4, 0.5) is 19.1 Å². The van der Waals surface area contributed by atoms with Gasteiger partial charge in [-0.1, -0.05) is 0 Å². The minimum Gasteiger partial charge on any atom is -0.373 e. The van der Waals surface area contributed by atoms with E-state index in [1.54, 1.807) is 0 Å². The number of nitrogens with one attached hydrogen (secondary N) is 2. The van der Waals surface area contributed by atoms with E-state index in [1.807, 2.05) is 13.8 Å². The molecule has 20 heavy (non-hydrogen) atoms.